The van der Waals surface area contributed by atoms with Gasteiger partial charge in [0, 0.05) is 36.1 Å². The van der Waals surface area contributed by atoms with Crippen LogP contribution in [0.15, 0.2) is 103 Å². The average molecular weight is 695 g/mol. The van der Waals surface area contributed by atoms with Crippen LogP contribution in [-0.4, -0.2) is 69.2 Å². The molecule has 2 saturated heterocycles. The van der Waals surface area contributed by atoms with Crippen LogP contribution in [0.4, 0.5) is 5.69 Å². The minimum absolute atomic E-state index is 0.00248. The van der Waals surface area contributed by atoms with Crippen molar-refractivity contribution in [2.45, 2.75) is 64.0 Å². The summed E-state index contributed by atoms with van der Waals surface area (Å²) in [6.07, 6.45) is 3.52. The molecule has 7 rings (SSSR count). The number of aromatic amines is 1. The van der Waals surface area contributed by atoms with Crippen molar-refractivity contribution in [2.24, 2.45) is 0 Å². The molecule has 264 valence electrons. The van der Waals surface area contributed by atoms with Gasteiger partial charge in [-0.2, -0.15) is 0 Å². The second-order valence-corrected chi connectivity index (χ2v) is 13.8. The van der Waals surface area contributed by atoms with E-state index in [4.69, 9.17) is 0 Å². The fraction of sp³-hybridized carbons (Fsp3) is 0.279. The monoisotopic (exact) mass is 694 g/mol. The molecule has 0 aliphatic carbocycles. The lowest BCUT2D eigenvalue weighted by molar-refractivity contribution is -0.136. The van der Waals surface area contributed by atoms with Crippen molar-refractivity contribution in [3.8, 4) is 11.3 Å². The zero-order chi connectivity index (χ0) is 36.2. The van der Waals surface area contributed by atoms with E-state index in [-0.39, 0.29) is 48.6 Å². The highest BCUT2D eigenvalue weighted by molar-refractivity contribution is 6.12. The minimum Gasteiger partial charge on any atom is -0.354 e. The molecule has 0 bridgehead atoms. The Bertz CT molecular complexity index is 2120. The Morgan fingerprint density at radius 1 is 0.673 bits per heavy atom. The first-order valence-corrected chi connectivity index (χ1v) is 18.0. The van der Waals surface area contributed by atoms with E-state index in [0.29, 0.717) is 42.9 Å². The standard InChI is InChI=1S/C43H42N4O5/c1-28(48)41-34-24-31(25-38(49)36-14-8-22-46(36)39(50)26-29-10-4-2-5-11-29)16-21-35(34)45-42(41)32-17-19-33(20-18-32)44-43(52)37-15-9-23-47(37)40(51)27-30-12-6-3-7-13-30/h2-7,10-13,16-21,24,36-37,45H,8-9,14-15,22-23,25-27H2,1H3,(H,44,52)/t36-,37-/m0/s1. The Morgan fingerprint density at radius 3 is 1.85 bits per heavy atom. The number of anilines is 1. The van der Waals surface area contributed by atoms with Crippen LogP contribution in [0.25, 0.3) is 22.2 Å². The van der Waals surface area contributed by atoms with Gasteiger partial charge < -0.3 is 20.1 Å². The lowest BCUT2D eigenvalue weighted by atomic mass is 9.97. The van der Waals surface area contributed by atoms with Crippen LogP contribution in [0.2, 0.25) is 0 Å². The Balaban J connectivity index is 1.03. The van der Waals surface area contributed by atoms with Crippen molar-refractivity contribution in [2.75, 3.05) is 18.4 Å². The van der Waals surface area contributed by atoms with Gasteiger partial charge in [0.25, 0.3) is 0 Å². The minimum atomic E-state index is -0.526. The van der Waals surface area contributed by atoms with E-state index in [9.17, 15) is 24.0 Å². The quantitative estimate of drug-likeness (QED) is 0.152. The van der Waals surface area contributed by atoms with Gasteiger partial charge in [-0.1, -0.05) is 78.9 Å². The largest absolute Gasteiger partial charge is 0.354 e. The first kappa shape index (κ1) is 34.6. The predicted octanol–water partition coefficient (Wildman–Crippen LogP) is 6.56. The Kier molecular flexibility index (Phi) is 10.1. The van der Waals surface area contributed by atoms with Gasteiger partial charge in [0.1, 0.15) is 6.04 Å². The molecule has 2 aliphatic heterocycles. The molecule has 2 fully saturated rings. The lowest BCUT2D eigenvalue weighted by Gasteiger charge is -2.24. The van der Waals surface area contributed by atoms with Crippen molar-refractivity contribution in [1.29, 1.82) is 0 Å². The van der Waals surface area contributed by atoms with Crippen LogP contribution in [-0.2, 0) is 38.4 Å². The van der Waals surface area contributed by atoms with Crippen molar-refractivity contribution >= 4 is 45.9 Å². The number of carbonyl (C=O) groups excluding carboxylic acids is 5. The molecule has 1 aromatic heterocycles. The number of rotatable bonds is 11. The number of amides is 3. The SMILES string of the molecule is CC(=O)c1c(-c2ccc(NC(=O)[C@@H]3CCCN3C(=O)Cc3ccccc3)cc2)[nH]c2ccc(CC(=O)[C@@H]3CCCN3C(=O)Cc3ccccc3)cc12. The van der Waals surface area contributed by atoms with Gasteiger partial charge in [-0.05, 0) is 79.1 Å². The normalized spacial score (nSPS) is 17.0. The Morgan fingerprint density at radius 2 is 1.25 bits per heavy atom. The Labute approximate surface area is 303 Å². The van der Waals surface area contributed by atoms with Crippen molar-refractivity contribution in [3.63, 3.8) is 0 Å². The molecule has 9 heteroatoms. The molecule has 0 radical (unpaired) electrons. The van der Waals surface area contributed by atoms with E-state index in [0.717, 1.165) is 46.0 Å². The number of Topliss-reactive ketones (excluding diaryl/α,β-unsaturated/α-hetero) is 2. The number of ketones is 2. The van der Waals surface area contributed by atoms with Gasteiger partial charge >= 0.3 is 0 Å². The molecule has 2 atom stereocenters. The predicted molar refractivity (Wildman–Crippen MR) is 201 cm³/mol. The van der Waals surface area contributed by atoms with Gasteiger partial charge in [-0.3, -0.25) is 24.0 Å². The number of carbonyl (C=O) groups is 5. The third kappa shape index (κ3) is 7.44. The first-order valence-electron chi connectivity index (χ1n) is 18.0. The molecule has 0 spiro atoms. The third-order valence-corrected chi connectivity index (χ3v) is 10.3. The number of hydrogen-bond donors (Lipinski definition) is 2. The van der Waals surface area contributed by atoms with Crippen LogP contribution in [0, 0.1) is 0 Å². The fourth-order valence-electron chi connectivity index (χ4n) is 7.68. The summed E-state index contributed by atoms with van der Waals surface area (Å²) in [6, 6.07) is 31.1. The van der Waals surface area contributed by atoms with E-state index >= 15 is 0 Å². The van der Waals surface area contributed by atoms with Gasteiger partial charge in [0.2, 0.25) is 17.7 Å². The number of H-pyrrole nitrogens is 1. The van der Waals surface area contributed by atoms with Crippen LogP contribution in [0.1, 0.15) is 59.7 Å². The second-order valence-electron chi connectivity index (χ2n) is 13.8. The summed E-state index contributed by atoms with van der Waals surface area (Å²) in [7, 11) is 0. The van der Waals surface area contributed by atoms with Crippen LogP contribution in [0.5, 0.6) is 0 Å². The molecule has 5 aromatic rings. The number of nitrogens with one attached hydrogen (secondary N) is 2. The van der Waals surface area contributed by atoms with Crippen LogP contribution < -0.4 is 5.32 Å². The van der Waals surface area contributed by atoms with E-state index in [1.807, 2.05) is 91.0 Å². The van der Waals surface area contributed by atoms with Gasteiger partial charge in [-0.15, -0.1) is 0 Å². The summed E-state index contributed by atoms with van der Waals surface area (Å²) in [4.78, 5) is 72.9. The molecule has 2 N–H and O–H groups in total. The highest BCUT2D eigenvalue weighted by Crippen LogP contribution is 2.33. The number of fused-ring (bicyclic) bond motifs is 1. The third-order valence-electron chi connectivity index (χ3n) is 10.3. The maximum atomic E-state index is 13.6. The Hall–Kier alpha value is -5.83. The first-order chi connectivity index (χ1) is 25.2. The van der Waals surface area contributed by atoms with E-state index in [1.165, 1.54) is 6.92 Å². The lowest BCUT2D eigenvalue weighted by Crippen LogP contribution is -2.43. The van der Waals surface area contributed by atoms with E-state index in [2.05, 4.69) is 10.3 Å². The number of nitrogens with zero attached hydrogens (tertiary/aromatic N) is 2. The van der Waals surface area contributed by atoms with Crippen LogP contribution in [0.3, 0.4) is 0 Å². The summed E-state index contributed by atoms with van der Waals surface area (Å²) in [5.74, 6) is -0.428. The number of benzene rings is 4. The van der Waals surface area contributed by atoms with E-state index in [1.54, 1.807) is 21.9 Å². The maximum absolute atomic E-state index is 13.6. The van der Waals surface area contributed by atoms with Gasteiger partial charge in [-0.25, -0.2) is 0 Å². The summed E-state index contributed by atoms with van der Waals surface area (Å²) in [5.41, 5.74) is 5.97. The molecular formula is C43H42N4O5. The molecule has 2 aliphatic rings. The highest BCUT2D eigenvalue weighted by Gasteiger charge is 2.35. The highest BCUT2D eigenvalue weighted by atomic mass is 16.2. The molecule has 52 heavy (non-hydrogen) atoms. The molecule has 3 amide bonds. The maximum Gasteiger partial charge on any atom is 0.247 e. The molecule has 0 saturated carbocycles. The second kappa shape index (κ2) is 15.2. The number of likely N-dealkylation sites (tertiary alicyclic amines) is 2. The molecule has 9 nitrogen and oxygen atoms in total. The summed E-state index contributed by atoms with van der Waals surface area (Å²) < 4.78 is 0. The summed E-state index contributed by atoms with van der Waals surface area (Å²) in [6.45, 7) is 2.66. The average Bonchev–Trinajstić information content (AvgIpc) is 3.92. The van der Waals surface area contributed by atoms with E-state index < -0.39 is 12.1 Å². The molecule has 3 heterocycles. The zero-order valence-electron chi connectivity index (χ0n) is 29.3. The number of hydrogen-bond acceptors (Lipinski definition) is 5. The fourth-order valence-corrected chi connectivity index (χ4v) is 7.68. The zero-order valence-corrected chi connectivity index (χ0v) is 29.3. The van der Waals surface area contributed by atoms with Gasteiger partial charge in [0.15, 0.2) is 11.6 Å². The van der Waals surface area contributed by atoms with Crippen LogP contribution >= 0.6 is 0 Å². The molecule has 4 aromatic carbocycles. The summed E-state index contributed by atoms with van der Waals surface area (Å²) >= 11 is 0. The van der Waals surface area contributed by atoms with Crippen molar-refractivity contribution in [1.82, 2.24) is 14.8 Å². The van der Waals surface area contributed by atoms with Crippen molar-refractivity contribution < 1.29 is 24.0 Å². The molecule has 0 unspecified atom stereocenters. The van der Waals surface area contributed by atoms with Crippen molar-refractivity contribution in [3.05, 3.63) is 125 Å². The van der Waals surface area contributed by atoms with Gasteiger partial charge in [0.05, 0.1) is 30.1 Å². The summed E-state index contributed by atoms with van der Waals surface area (Å²) in [5, 5.41) is 3.71. The smallest absolute Gasteiger partial charge is 0.247 e. The topological polar surface area (TPSA) is 120 Å². The molecular weight excluding hydrogens is 652 g/mol. The number of aromatic nitrogens is 1.